The largest absolute Gasteiger partial charge is 0.465 e. The molecular formula is C23H25F4N3O3S. The Morgan fingerprint density at radius 2 is 1.94 bits per heavy atom. The van der Waals surface area contributed by atoms with E-state index in [1.54, 1.807) is 18.2 Å². The molecule has 3 aromatic rings. The van der Waals surface area contributed by atoms with E-state index >= 15 is 0 Å². The lowest BCUT2D eigenvalue weighted by molar-refractivity contribution is -0.137. The van der Waals surface area contributed by atoms with Crippen molar-refractivity contribution in [2.24, 2.45) is 0 Å². The first-order chi connectivity index (χ1) is 16.0. The molecule has 4 N–H and O–H groups in total. The summed E-state index contributed by atoms with van der Waals surface area (Å²) in [6, 6.07) is 13.1. The van der Waals surface area contributed by atoms with Crippen LogP contribution in [0.3, 0.4) is 0 Å². The Hall–Kier alpha value is -3.02. The van der Waals surface area contributed by atoms with Crippen molar-refractivity contribution in [1.82, 2.24) is 15.6 Å². The van der Waals surface area contributed by atoms with Gasteiger partial charge in [-0.25, -0.2) is 14.2 Å². The normalized spacial score (nSPS) is 14.9. The van der Waals surface area contributed by atoms with Gasteiger partial charge in [-0.1, -0.05) is 42.0 Å². The molecule has 0 radical (unpaired) electrons. The van der Waals surface area contributed by atoms with Crippen LogP contribution in [0.25, 0.3) is 10.4 Å². The van der Waals surface area contributed by atoms with E-state index in [2.05, 4.69) is 15.6 Å². The molecule has 184 valence electrons. The van der Waals surface area contributed by atoms with Crippen molar-refractivity contribution in [3.63, 3.8) is 0 Å². The van der Waals surface area contributed by atoms with E-state index in [1.165, 1.54) is 24.4 Å². The summed E-state index contributed by atoms with van der Waals surface area (Å²) in [5.41, 5.74) is 2.44. The van der Waals surface area contributed by atoms with E-state index in [9.17, 15) is 22.4 Å². The number of β-amino-alcohol motifs (C(OH)–C–C–N with tert-alkyl or cyclic N) is 1. The molecule has 2 aromatic carbocycles. The zero-order valence-corrected chi connectivity index (χ0v) is 19.1. The van der Waals surface area contributed by atoms with E-state index in [4.69, 9.17) is 10.2 Å². The average Bonchev–Trinajstić information content (AvgIpc) is 3.46. The zero-order chi connectivity index (χ0) is 25.1. The van der Waals surface area contributed by atoms with Gasteiger partial charge in [-0.15, -0.1) is 11.3 Å². The minimum Gasteiger partial charge on any atom is -0.465 e. The van der Waals surface area contributed by atoms with Gasteiger partial charge in [0.2, 0.25) is 0 Å². The number of carbonyl (C=O) groups is 1. The van der Waals surface area contributed by atoms with Crippen molar-refractivity contribution >= 4 is 17.4 Å². The molecule has 2 heterocycles. The first-order valence-corrected chi connectivity index (χ1v) is 11.1. The Kier molecular flexibility index (Phi) is 10.4. The number of aliphatic hydroxyl groups excluding tert-OH is 1. The molecule has 1 saturated heterocycles. The molecule has 1 aliphatic heterocycles. The van der Waals surface area contributed by atoms with Gasteiger partial charge in [-0.3, -0.25) is 0 Å². The number of alkyl halides is 3. The molecule has 34 heavy (non-hydrogen) atoms. The highest BCUT2D eigenvalue weighted by Gasteiger charge is 2.34. The van der Waals surface area contributed by atoms with Gasteiger partial charge in [0, 0.05) is 19.3 Å². The Morgan fingerprint density at radius 3 is 2.41 bits per heavy atom. The Bertz CT molecular complexity index is 1040. The second-order valence-electron chi connectivity index (χ2n) is 7.33. The molecule has 6 nitrogen and oxygen atoms in total. The van der Waals surface area contributed by atoms with Crippen LogP contribution in [-0.2, 0) is 12.7 Å². The second kappa shape index (κ2) is 13.0. The van der Waals surface area contributed by atoms with Gasteiger partial charge in [-0.05, 0) is 43.1 Å². The zero-order valence-electron chi connectivity index (χ0n) is 18.3. The van der Waals surface area contributed by atoms with Gasteiger partial charge in [-0.2, -0.15) is 13.2 Å². The number of hydrogen-bond donors (Lipinski definition) is 4. The van der Waals surface area contributed by atoms with Gasteiger partial charge in [0.15, 0.2) is 5.01 Å². The molecule has 0 bridgehead atoms. The van der Waals surface area contributed by atoms with Crippen LogP contribution in [0, 0.1) is 12.7 Å². The second-order valence-corrected chi connectivity index (χ2v) is 8.36. The lowest BCUT2D eigenvalue weighted by Gasteiger charge is -2.00. The van der Waals surface area contributed by atoms with Crippen molar-refractivity contribution in [3.8, 4) is 10.4 Å². The number of halogens is 4. The maximum Gasteiger partial charge on any atom is 0.443 e. The van der Waals surface area contributed by atoms with E-state index in [0.29, 0.717) is 21.8 Å². The summed E-state index contributed by atoms with van der Waals surface area (Å²) in [5.74, 6) is -0.361. The highest BCUT2D eigenvalue weighted by molar-refractivity contribution is 7.15. The predicted octanol–water partition coefficient (Wildman–Crippen LogP) is 5.07. The molecule has 4 rings (SSSR count). The highest BCUT2D eigenvalue weighted by atomic mass is 32.1. The topological polar surface area (TPSA) is 94.5 Å². The van der Waals surface area contributed by atoms with Crippen molar-refractivity contribution < 1.29 is 32.6 Å². The Labute approximate surface area is 198 Å². The van der Waals surface area contributed by atoms with Gasteiger partial charge < -0.3 is 20.8 Å². The van der Waals surface area contributed by atoms with Crippen LogP contribution >= 0.6 is 11.3 Å². The third-order valence-electron chi connectivity index (χ3n) is 4.45. The quantitative estimate of drug-likeness (QED) is 0.378. The fourth-order valence-corrected chi connectivity index (χ4v) is 3.51. The van der Waals surface area contributed by atoms with Gasteiger partial charge >= 0.3 is 12.3 Å². The molecule has 11 heteroatoms. The van der Waals surface area contributed by atoms with Crippen LogP contribution in [0.2, 0.25) is 0 Å². The average molecular weight is 500 g/mol. The fraction of sp³-hybridized carbons (Fsp3) is 0.304. The molecule has 0 aliphatic carbocycles. The number of nitrogens with zero attached hydrogens (tertiary/aromatic N) is 1. The van der Waals surface area contributed by atoms with Crippen LogP contribution in [0.4, 0.5) is 22.4 Å². The first-order valence-electron chi connectivity index (χ1n) is 10.2. The van der Waals surface area contributed by atoms with Crippen LogP contribution in [-0.4, -0.2) is 40.5 Å². The molecule has 1 aromatic heterocycles. The highest BCUT2D eigenvalue weighted by Crippen LogP contribution is 2.36. The number of thiazole rings is 1. The molecule has 1 atom stereocenters. The summed E-state index contributed by atoms with van der Waals surface area (Å²) >= 11 is 0.663. The summed E-state index contributed by atoms with van der Waals surface area (Å²) in [6.07, 6.45) is -3.34. The number of benzene rings is 2. The van der Waals surface area contributed by atoms with E-state index < -0.39 is 17.3 Å². The number of hydrogen-bond acceptors (Lipinski definition) is 5. The minimum absolute atomic E-state index is 0.0648. The maximum absolute atomic E-state index is 12.5. The predicted molar refractivity (Wildman–Crippen MR) is 122 cm³/mol. The summed E-state index contributed by atoms with van der Waals surface area (Å²) in [7, 11) is 0. The summed E-state index contributed by atoms with van der Waals surface area (Å²) < 4.78 is 49.5. The molecule has 1 fully saturated rings. The van der Waals surface area contributed by atoms with Crippen LogP contribution < -0.4 is 10.6 Å². The number of rotatable bonds is 3. The lowest BCUT2D eigenvalue weighted by Crippen LogP contribution is -2.19. The van der Waals surface area contributed by atoms with Crippen molar-refractivity contribution in [1.29, 1.82) is 0 Å². The first kappa shape index (κ1) is 27.2. The number of aliphatic hydroxyl groups is 1. The van der Waals surface area contributed by atoms with Crippen molar-refractivity contribution in [3.05, 3.63) is 76.7 Å². The summed E-state index contributed by atoms with van der Waals surface area (Å²) in [4.78, 5) is 14.0. The number of nitrogens with one attached hydrogen (secondary N) is 2. The Balaban J connectivity index is 0.000000199. The van der Waals surface area contributed by atoms with Crippen molar-refractivity contribution in [2.75, 3.05) is 13.1 Å². The third-order valence-corrected chi connectivity index (χ3v) is 5.54. The van der Waals surface area contributed by atoms with Gasteiger partial charge in [0.05, 0.1) is 11.0 Å². The van der Waals surface area contributed by atoms with Crippen molar-refractivity contribution in [2.45, 2.75) is 32.2 Å². The number of aromatic nitrogens is 1. The summed E-state index contributed by atoms with van der Waals surface area (Å²) in [6.45, 7) is 3.84. The minimum atomic E-state index is -4.35. The van der Waals surface area contributed by atoms with Gasteiger partial charge in [0.1, 0.15) is 5.82 Å². The number of aryl methyl sites for hydroxylation is 1. The molecule has 1 aliphatic rings. The maximum atomic E-state index is 12.5. The fourth-order valence-electron chi connectivity index (χ4n) is 2.72. The number of carboxylic acid groups (broad SMARTS) is 1. The van der Waals surface area contributed by atoms with Crippen LogP contribution in [0.1, 0.15) is 22.6 Å². The number of amides is 1. The smallest absolute Gasteiger partial charge is 0.443 e. The molecular weight excluding hydrogens is 474 g/mol. The SMILES string of the molecule is Cc1ccc(-c2cnc(C(F)(F)F)s2)cc1.O=C(O)NCc1cccc(F)c1.OC1CCNC1. The molecule has 1 amide bonds. The van der Waals surface area contributed by atoms with Crippen LogP contribution in [0.15, 0.2) is 54.7 Å². The van der Waals surface area contributed by atoms with E-state index in [1.807, 2.05) is 19.1 Å². The summed E-state index contributed by atoms with van der Waals surface area (Å²) in [5, 5.41) is 21.3. The molecule has 0 saturated carbocycles. The third kappa shape index (κ3) is 9.86. The monoisotopic (exact) mass is 499 g/mol. The van der Waals surface area contributed by atoms with Gasteiger partial charge in [0.25, 0.3) is 0 Å². The standard InChI is InChI=1S/C11H8F3NS.C8H8FNO2.C4H9NO/c1-7-2-4-8(5-3-7)9-6-15-10(16-9)11(12,13)14;9-7-3-1-2-6(4-7)5-10-8(11)12;6-4-1-2-5-3-4/h2-6H,1H3;1-4,10H,5H2,(H,11,12);4-6H,1-3H2. The van der Waals surface area contributed by atoms with Crippen LogP contribution in [0.5, 0.6) is 0 Å². The molecule has 0 spiro atoms. The Morgan fingerprint density at radius 1 is 1.24 bits per heavy atom. The van der Waals surface area contributed by atoms with E-state index in [0.717, 1.165) is 30.6 Å². The lowest BCUT2D eigenvalue weighted by atomic mass is 10.1. The molecule has 1 unspecified atom stereocenters. The van der Waals surface area contributed by atoms with E-state index in [-0.39, 0.29) is 18.5 Å².